The number of unbranched alkanes of at least 4 members (excludes halogenated alkanes) is 21. The Morgan fingerprint density at radius 2 is 0.938 bits per heavy atom. The summed E-state index contributed by atoms with van der Waals surface area (Å²) in [5, 5.41) is 26.2. The molecule has 10 nitrogen and oxygen atoms in total. The second-order valence-electron chi connectivity index (χ2n) is 18.1. The number of hydrogen-bond donors (Lipinski definition) is 2. The van der Waals surface area contributed by atoms with Gasteiger partial charge in [-0.15, -0.1) is 0 Å². The number of nitrogens with zero attached hydrogens (tertiary/aromatic N) is 1. The highest BCUT2D eigenvalue weighted by Crippen LogP contribution is 2.36. The van der Waals surface area contributed by atoms with Gasteiger partial charge in [0, 0.05) is 19.8 Å². The zero-order valence-corrected chi connectivity index (χ0v) is 40.2. The summed E-state index contributed by atoms with van der Waals surface area (Å²) in [5.74, 6) is -2.15. The first kappa shape index (κ1) is 54.2. The van der Waals surface area contributed by atoms with E-state index in [-0.39, 0.29) is 26.2 Å². The summed E-state index contributed by atoms with van der Waals surface area (Å²) in [4.78, 5) is 23.3. The van der Waals surface area contributed by atoms with Crippen LogP contribution in [-0.2, 0) is 39.7 Å². The van der Waals surface area contributed by atoms with Crippen LogP contribution >= 0.6 is 0 Å². The van der Waals surface area contributed by atoms with Crippen LogP contribution in [0.3, 0.4) is 0 Å². The highest BCUT2D eigenvalue weighted by atomic mass is 16.7. The molecule has 1 atom stereocenters. The first-order chi connectivity index (χ1) is 32.0. The topological polar surface area (TPSA) is 124 Å². The lowest BCUT2D eigenvalue weighted by Gasteiger charge is -2.19. The third-order valence-corrected chi connectivity index (χ3v) is 12.6. The molecule has 0 aromatic heterocycles. The SMILES string of the molecule is CCCCCCCCCCCCCCCCCCOCC(OCCCCCCCCCc1ccc2ccc3cccc4ccc1c2c34)OCCOCCOCCN(CC(=O)O)CC(=O)O. The zero-order chi connectivity index (χ0) is 46.0. The molecule has 0 saturated heterocycles. The monoisotopic (exact) mass is 904 g/mol. The van der Waals surface area contributed by atoms with Gasteiger partial charge in [-0.05, 0) is 63.6 Å². The van der Waals surface area contributed by atoms with Crippen LogP contribution in [-0.4, -0.2) is 106 Å². The molecule has 364 valence electrons. The molecule has 4 rings (SSSR count). The molecule has 0 aliphatic heterocycles. The molecule has 0 fully saturated rings. The minimum atomic E-state index is -1.07. The summed E-state index contributed by atoms with van der Waals surface area (Å²) in [6.45, 7) is 5.18. The highest BCUT2D eigenvalue weighted by Gasteiger charge is 2.14. The fraction of sp³-hybridized carbons (Fsp3) is 0.673. The predicted molar refractivity (Wildman–Crippen MR) is 266 cm³/mol. The van der Waals surface area contributed by atoms with E-state index in [9.17, 15) is 9.59 Å². The Labute approximate surface area is 391 Å². The van der Waals surface area contributed by atoms with Gasteiger partial charge in [0.15, 0.2) is 6.29 Å². The number of aliphatic carboxylic acids is 2. The zero-order valence-electron chi connectivity index (χ0n) is 40.2. The molecular formula is C55H85NO9. The number of benzene rings is 4. The predicted octanol–water partition coefficient (Wildman–Crippen LogP) is 13.0. The third-order valence-electron chi connectivity index (χ3n) is 12.6. The fourth-order valence-corrected chi connectivity index (χ4v) is 8.96. The van der Waals surface area contributed by atoms with Crippen molar-refractivity contribution in [3.05, 3.63) is 60.2 Å². The van der Waals surface area contributed by atoms with E-state index in [1.807, 2.05) is 0 Å². The maximum absolute atomic E-state index is 11.0. The molecule has 0 aliphatic carbocycles. The summed E-state index contributed by atoms with van der Waals surface area (Å²) in [6, 6.07) is 20.4. The lowest BCUT2D eigenvalue weighted by atomic mass is 9.90. The Morgan fingerprint density at radius 1 is 0.477 bits per heavy atom. The number of rotatable bonds is 44. The summed E-state index contributed by atoms with van der Waals surface area (Å²) in [6.07, 6.45) is 30.5. The van der Waals surface area contributed by atoms with Gasteiger partial charge in [-0.25, -0.2) is 0 Å². The van der Waals surface area contributed by atoms with Crippen LogP contribution in [0.2, 0.25) is 0 Å². The first-order valence-electron chi connectivity index (χ1n) is 25.7. The lowest BCUT2D eigenvalue weighted by molar-refractivity contribution is -0.179. The quantitative estimate of drug-likeness (QED) is 0.0252. The van der Waals surface area contributed by atoms with Crippen LogP contribution in [0.5, 0.6) is 0 Å². The normalized spacial score (nSPS) is 12.4. The van der Waals surface area contributed by atoms with Crippen molar-refractivity contribution in [2.75, 3.05) is 72.5 Å². The van der Waals surface area contributed by atoms with Gasteiger partial charge in [-0.1, -0.05) is 190 Å². The van der Waals surface area contributed by atoms with Crippen molar-refractivity contribution >= 4 is 44.3 Å². The third kappa shape index (κ3) is 23.3. The van der Waals surface area contributed by atoms with Gasteiger partial charge in [0.2, 0.25) is 0 Å². The fourth-order valence-electron chi connectivity index (χ4n) is 8.96. The molecule has 2 N–H and O–H groups in total. The van der Waals surface area contributed by atoms with Crippen LogP contribution in [0, 0.1) is 0 Å². The Kier molecular flexibility index (Phi) is 29.1. The number of aryl methyl sites for hydroxylation is 1. The van der Waals surface area contributed by atoms with Crippen LogP contribution in [0.25, 0.3) is 32.3 Å². The molecule has 0 amide bonds. The van der Waals surface area contributed by atoms with E-state index in [2.05, 4.69) is 61.5 Å². The maximum Gasteiger partial charge on any atom is 0.317 e. The summed E-state index contributed by atoms with van der Waals surface area (Å²) >= 11 is 0. The van der Waals surface area contributed by atoms with Gasteiger partial charge in [0.25, 0.3) is 0 Å². The maximum atomic E-state index is 11.0. The van der Waals surface area contributed by atoms with Crippen LogP contribution in [0.4, 0.5) is 0 Å². The molecule has 0 radical (unpaired) electrons. The number of carboxylic acids is 2. The summed E-state index contributed by atoms with van der Waals surface area (Å²) in [7, 11) is 0. The molecule has 0 spiro atoms. The molecule has 10 heteroatoms. The van der Waals surface area contributed by atoms with Gasteiger partial charge in [0.05, 0.1) is 52.7 Å². The van der Waals surface area contributed by atoms with Gasteiger partial charge < -0.3 is 33.9 Å². The molecule has 0 aliphatic rings. The summed E-state index contributed by atoms with van der Waals surface area (Å²) < 4.78 is 29.5. The van der Waals surface area contributed by atoms with E-state index in [0.717, 1.165) is 25.7 Å². The average molecular weight is 904 g/mol. The van der Waals surface area contributed by atoms with Crippen LogP contribution in [0.15, 0.2) is 54.6 Å². The van der Waals surface area contributed by atoms with E-state index in [1.165, 1.54) is 171 Å². The number of ether oxygens (including phenoxy) is 5. The van der Waals surface area contributed by atoms with Crippen molar-refractivity contribution in [2.45, 2.75) is 167 Å². The van der Waals surface area contributed by atoms with Gasteiger partial charge >= 0.3 is 11.9 Å². The minimum absolute atomic E-state index is 0.213. The molecule has 4 aromatic carbocycles. The average Bonchev–Trinajstić information content (AvgIpc) is 3.29. The van der Waals surface area contributed by atoms with Crippen molar-refractivity contribution in [3.8, 4) is 0 Å². The first-order valence-corrected chi connectivity index (χ1v) is 25.7. The molecular weight excluding hydrogens is 819 g/mol. The van der Waals surface area contributed by atoms with Crippen LogP contribution < -0.4 is 0 Å². The molecule has 1 unspecified atom stereocenters. The van der Waals surface area contributed by atoms with Gasteiger partial charge in [0.1, 0.15) is 0 Å². The minimum Gasteiger partial charge on any atom is -0.480 e. The Balaban J connectivity index is 1.03. The van der Waals surface area contributed by atoms with Gasteiger partial charge in [-0.2, -0.15) is 0 Å². The molecule has 0 heterocycles. The molecule has 4 aromatic rings. The number of carboxylic acid groups (broad SMARTS) is 2. The second kappa shape index (κ2) is 34.9. The number of carbonyl (C=O) groups is 2. The standard InChI is InChI=1S/C55H85NO9/c1-2-3-4-5-6-7-8-9-10-11-12-13-14-17-20-23-36-63-45-53(65-42-41-62-40-39-61-38-35-56(43-51(57)58)44-52(59)60)64-37-24-21-18-15-16-19-22-26-46-29-30-49-32-31-47-27-25-28-48-33-34-50(46)55(49)54(47)48/h25,27-34,53H,2-24,26,35-45H2,1H3,(H,57,58)(H,59,60). The molecule has 65 heavy (non-hydrogen) atoms. The van der Waals surface area contributed by atoms with E-state index >= 15 is 0 Å². The highest BCUT2D eigenvalue weighted by molar-refractivity contribution is 6.23. The second-order valence-corrected chi connectivity index (χ2v) is 18.1. The van der Waals surface area contributed by atoms with Crippen molar-refractivity contribution in [1.29, 1.82) is 0 Å². The Hall–Kier alpha value is -3.38. The van der Waals surface area contributed by atoms with Crippen molar-refractivity contribution in [1.82, 2.24) is 4.90 Å². The Morgan fingerprint density at radius 3 is 1.52 bits per heavy atom. The van der Waals surface area contributed by atoms with Crippen molar-refractivity contribution < 1.29 is 43.5 Å². The lowest BCUT2D eigenvalue weighted by Crippen LogP contribution is -2.37. The van der Waals surface area contributed by atoms with Crippen molar-refractivity contribution in [3.63, 3.8) is 0 Å². The summed E-state index contributed by atoms with van der Waals surface area (Å²) in [5.41, 5.74) is 1.47. The van der Waals surface area contributed by atoms with E-state index in [1.54, 1.807) is 0 Å². The Bertz CT molecular complexity index is 1780. The van der Waals surface area contributed by atoms with E-state index < -0.39 is 18.2 Å². The van der Waals surface area contributed by atoms with Crippen molar-refractivity contribution in [2.24, 2.45) is 0 Å². The largest absolute Gasteiger partial charge is 0.480 e. The molecule has 0 saturated carbocycles. The van der Waals surface area contributed by atoms with E-state index in [0.29, 0.717) is 46.2 Å². The molecule has 0 bridgehead atoms. The van der Waals surface area contributed by atoms with Crippen LogP contribution in [0.1, 0.15) is 160 Å². The smallest absolute Gasteiger partial charge is 0.317 e. The number of hydrogen-bond acceptors (Lipinski definition) is 8. The van der Waals surface area contributed by atoms with E-state index in [4.69, 9.17) is 33.9 Å². The van der Waals surface area contributed by atoms with Gasteiger partial charge in [-0.3, -0.25) is 14.5 Å².